The molecule has 0 radical (unpaired) electrons. The number of nitro groups is 1. The summed E-state index contributed by atoms with van der Waals surface area (Å²) in [5.41, 5.74) is 2.37. The molecule has 8 nitrogen and oxygen atoms in total. The van der Waals surface area contributed by atoms with Crippen LogP contribution in [0.3, 0.4) is 0 Å². The van der Waals surface area contributed by atoms with Gasteiger partial charge in [-0.3, -0.25) is 10.1 Å². The zero-order valence-corrected chi connectivity index (χ0v) is 15.1. The number of allylic oxidation sites excluding steroid dienone is 1. The van der Waals surface area contributed by atoms with Crippen molar-refractivity contribution in [2.24, 2.45) is 0 Å². The number of thiazole rings is 1. The first-order chi connectivity index (χ1) is 13.6. The van der Waals surface area contributed by atoms with Gasteiger partial charge in [0.2, 0.25) is 6.79 Å². The number of nitro benzene ring substituents is 1. The Balaban J connectivity index is 1.56. The number of nitrogens with zero attached hydrogens (tertiary/aromatic N) is 3. The Morgan fingerprint density at radius 2 is 2.14 bits per heavy atom. The van der Waals surface area contributed by atoms with Gasteiger partial charge in [-0.05, 0) is 24.3 Å². The quantitative estimate of drug-likeness (QED) is 0.389. The smallest absolute Gasteiger partial charge is 0.271 e. The molecule has 4 rings (SSSR count). The van der Waals surface area contributed by atoms with E-state index < -0.39 is 4.92 Å². The molecule has 138 valence electrons. The van der Waals surface area contributed by atoms with E-state index in [2.05, 4.69) is 16.4 Å². The minimum Gasteiger partial charge on any atom is -0.454 e. The van der Waals surface area contributed by atoms with Crippen molar-refractivity contribution >= 4 is 28.3 Å². The monoisotopic (exact) mass is 392 g/mol. The lowest BCUT2D eigenvalue weighted by Crippen LogP contribution is -1.93. The lowest BCUT2D eigenvalue weighted by molar-refractivity contribution is -0.384. The minimum atomic E-state index is -0.474. The summed E-state index contributed by atoms with van der Waals surface area (Å²) in [6.07, 6.45) is 1.49. The van der Waals surface area contributed by atoms with E-state index in [1.807, 2.05) is 23.6 Å². The lowest BCUT2D eigenvalue weighted by Gasteiger charge is -2.01. The van der Waals surface area contributed by atoms with E-state index in [9.17, 15) is 15.4 Å². The van der Waals surface area contributed by atoms with E-state index in [1.165, 1.54) is 29.7 Å². The summed E-state index contributed by atoms with van der Waals surface area (Å²) in [6, 6.07) is 13.7. The molecular formula is C19H12N4O4S. The van der Waals surface area contributed by atoms with E-state index >= 15 is 0 Å². The number of anilines is 1. The Morgan fingerprint density at radius 3 is 2.96 bits per heavy atom. The first-order valence-electron chi connectivity index (χ1n) is 8.11. The van der Waals surface area contributed by atoms with Gasteiger partial charge in [-0.15, -0.1) is 11.3 Å². The Kier molecular flexibility index (Phi) is 4.62. The van der Waals surface area contributed by atoms with Crippen LogP contribution in [-0.2, 0) is 0 Å². The highest BCUT2D eigenvalue weighted by molar-refractivity contribution is 7.11. The second-order valence-electron chi connectivity index (χ2n) is 5.73. The fraction of sp³-hybridized carbons (Fsp3) is 0.0526. The molecule has 28 heavy (non-hydrogen) atoms. The fourth-order valence-corrected chi connectivity index (χ4v) is 3.39. The Labute approximate surface area is 163 Å². The van der Waals surface area contributed by atoms with Crippen molar-refractivity contribution in [3.05, 3.63) is 69.2 Å². The van der Waals surface area contributed by atoms with Gasteiger partial charge >= 0.3 is 0 Å². The molecule has 1 aliphatic rings. The molecular weight excluding hydrogens is 380 g/mol. The van der Waals surface area contributed by atoms with E-state index in [0.717, 1.165) is 11.3 Å². The van der Waals surface area contributed by atoms with Crippen LogP contribution >= 0.6 is 11.3 Å². The van der Waals surface area contributed by atoms with Crippen molar-refractivity contribution in [3.63, 3.8) is 0 Å². The van der Waals surface area contributed by atoms with Crippen molar-refractivity contribution in [2.45, 2.75) is 0 Å². The molecule has 2 aromatic carbocycles. The third-order valence-electron chi connectivity index (χ3n) is 3.96. The Morgan fingerprint density at radius 1 is 1.29 bits per heavy atom. The van der Waals surface area contributed by atoms with Gasteiger partial charge in [0.05, 0.1) is 10.6 Å². The second kappa shape index (κ2) is 7.38. The summed E-state index contributed by atoms with van der Waals surface area (Å²) in [5, 5.41) is 25.6. The van der Waals surface area contributed by atoms with Gasteiger partial charge in [-0.2, -0.15) is 5.26 Å². The Hall–Kier alpha value is -3.90. The minimum absolute atomic E-state index is 0.0312. The zero-order chi connectivity index (χ0) is 19.5. The topological polar surface area (TPSA) is 110 Å². The molecule has 0 unspecified atom stereocenters. The number of fused-ring (bicyclic) bond motifs is 1. The molecule has 0 amide bonds. The van der Waals surface area contributed by atoms with Crippen LogP contribution in [0.5, 0.6) is 11.5 Å². The summed E-state index contributed by atoms with van der Waals surface area (Å²) in [5.74, 6) is 1.36. The van der Waals surface area contributed by atoms with Crippen LogP contribution in [0, 0.1) is 21.4 Å². The maximum Gasteiger partial charge on any atom is 0.271 e. The van der Waals surface area contributed by atoms with Gasteiger partial charge in [0, 0.05) is 35.0 Å². The zero-order valence-electron chi connectivity index (χ0n) is 14.3. The molecule has 0 atom stereocenters. The summed E-state index contributed by atoms with van der Waals surface area (Å²) >= 11 is 1.33. The van der Waals surface area contributed by atoms with Gasteiger partial charge in [-0.1, -0.05) is 6.07 Å². The highest BCUT2D eigenvalue weighted by Crippen LogP contribution is 2.36. The third kappa shape index (κ3) is 3.49. The number of nitriles is 1. The van der Waals surface area contributed by atoms with Crippen molar-refractivity contribution in [2.75, 3.05) is 12.1 Å². The van der Waals surface area contributed by atoms with E-state index in [1.54, 1.807) is 12.1 Å². The average Bonchev–Trinajstić information content (AvgIpc) is 3.38. The van der Waals surface area contributed by atoms with Crippen LogP contribution in [0.25, 0.3) is 16.8 Å². The number of ether oxygens (including phenoxy) is 2. The molecule has 0 bridgehead atoms. The lowest BCUT2D eigenvalue weighted by atomic mass is 10.1. The van der Waals surface area contributed by atoms with Gasteiger partial charge < -0.3 is 14.8 Å². The molecule has 9 heteroatoms. The van der Waals surface area contributed by atoms with Crippen molar-refractivity contribution in [1.82, 2.24) is 4.98 Å². The molecule has 0 saturated carbocycles. The highest BCUT2D eigenvalue weighted by atomic mass is 32.1. The van der Waals surface area contributed by atoms with Crippen LogP contribution < -0.4 is 14.8 Å². The molecule has 0 fully saturated rings. The molecule has 0 aliphatic carbocycles. The van der Waals surface area contributed by atoms with Crippen molar-refractivity contribution < 1.29 is 14.4 Å². The van der Waals surface area contributed by atoms with E-state index in [0.29, 0.717) is 27.8 Å². The van der Waals surface area contributed by atoms with Crippen LogP contribution in [0.4, 0.5) is 11.4 Å². The summed E-state index contributed by atoms with van der Waals surface area (Å²) < 4.78 is 10.7. The van der Waals surface area contributed by atoms with Crippen LogP contribution in [0.2, 0.25) is 0 Å². The van der Waals surface area contributed by atoms with E-state index in [4.69, 9.17) is 9.47 Å². The molecule has 3 aromatic rings. The largest absolute Gasteiger partial charge is 0.454 e. The summed E-state index contributed by atoms with van der Waals surface area (Å²) in [7, 11) is 0. The van der Waals surface area contributed by atoms with Gasteiger partial charge in [0.15, 0.2) is 11.5 Å². The molecule has 0 saturated heterocycles. The first-order valence-corrected chi connectivity index (χ1v) is 8.99. The molecule has 0 spiro atoms. The van der Waals surface area contributed by atoms with Gasteiger partial charge in [-0.25, -0.2) is 4.98 Å². The van der Waals surface area contributed by atoms with Crippen molar-refractivity contribution in [3.8, 4) is 28.8 Å². The van der Waals surface area contributed by atoms with E-state index in [-0.39, 0.29) is 12.5 Å². The number of hydrogen-bond donors (Lipinski definition) is 1. The average molecular weight is 392 g/mol. The van der Waals surface area contributed by atoms with Gasteiger partial charge in [0.25, 0.3) is 5.69 Å². The maximum atomic E-state index is 10.9. The molecule has 2 heterocycles. The van der Waals surface area contributed by atoms with Gasteiger partial charge in [0.1, 0.15) is 16.6 Å². The number of non-ortho nitro benzene ring substituents is 1. The van der Waals surface area contributed by atoms with Crippen molar-refractivity contribution in [1.29, 1.82) is 5.26 Å². The number of nitrogens with one attached hydrogen (secondary N) is 1. The summed E-state index contributed by atoms with van der Waals surface area (Å²) in [4.78, 5) is 14.9. The first kappa shape index (κ1) is 17.5. The fourth-order valence-electron chi connectivity index (χ4n) is 2.59. The second-order valence-corrected chi connectivity index (χ2v) is 6.59. The highest BCUT2D eigenvalue weighted by Gasteiger charge is 2.16. The van der Waals surface area contributed by atoms with Crippen LogP contribution in [-0.4, -0.2) is 16.7 Å². The standard InChI is InChI=1S/C19H12N4O4S/c20-8-13(9-21-14-2-1-3-15(7-14)23(24)25)19-22-16(10-28-19)12-4-5-17-18(6-12)27-11-26-17/h1-7,9-10,21H,11H2/b13-9+. The predicted octanol–water partition coefficient (Wildman–Crippen LogP) is 4.42. The molecule has 1 aliphatic heterocycles. The Bertz CT molecular complexity index is 1130. The third-order valence-corrected chi connectivity index (χ3v) is 4.84. The maximum absolute atomic E-state index is 10.9. The van der Waals surface area contributed by atoms with Crippen LogP contribution in [0.1, 0.15) is 5.01 Å². The summed E-state index contributed by atoms with van der Waals surface area (Å²) in [6.45, 7) is 0.200. The SMILES string of the molecule is N#C/C(=C\Nc1cccc([N+](=O)[O-])c1)c1nc(-c2ccc3c(c2)OCO3)cs1. The number of rotatable bonds is 5. The normalized spacial score (nSPS) is 12.5. The predicted molar refractivity (Wildman–Crippen MR) is 104 cm³/mol. The molecule has 1 aromatic heterocycles. The molecule has 1 N–H and O–H groups in total. The number of hydrogen-bond acceptors (Lipinski definition) is 8. The number of benzene rings is 2. The number of aromatic nitrogens is 1. The van der Waals surface area contributed by atoms with Crippen LogP contribution in [0.15, 0.2) is 54.0 Å².